The van der Waals surface area contributed by atoms with Gasteiger partial charge in [-0.2, -0.15) is 0 Å². The van der Waals surface area contributed by atoms with Crippen LogP contribution >= 0.6 is 0 Å². The number of allylic oxidation sites excluding steroid dienone is 1. The van der Waals surface area contributed by atoms with Gasteiger partial charge < -0.3 is 5.32 Å². The van der Waals surface area contributed by atoms with Crippen LogP contribution in [0.25, 0.3) is 0 Å². The van der Waals surface area contributed by atoms with Crippen LogP contribution in [0.5, 0.6) is 0 Å². The molecule has 0 unspecified atom stereocenters. The van der Waals surface area contributed by atoms with Crippen molar-refractivity contribution in [3.63, 3.8) is 0 Å². The van der Waals surface area contributed by atoms with Gasteiger partial charge in [0.25, 0.3) is 0 Å². The molecule has 0 saturated carbocycles. The van der Waals surface area contributed by atoms with Crippen LogP contribution in [0.3, 0.4) is 0 Å². The first-order valence-corrected chi connectivity index (χ1v) is 4.55. The van der Waals surface area contributed by atoms with Crippen molar-refractivity contribution >= 4 is 5.78 Å². The summed E-state index contributed by atoms with van der Waals surface area (Å²) in [5, 5.41) is 3.16. The van der Waals surface area contributed by atoms with E-state index in [-0.39, 0.29) is 0 Å². The maximum atomic E-state index is 11.3. The van der Waals surface area contributed by atoms with E-state index in [4.69, 9.17) is 0 Å². The third-order valence-corrected chi connectivity index (χ3v) is 2.21. The molecule has 0 amide bonds. The van der Waals surface area contributed by atoms with Crippen LogP contribution in [0.4, 0.5) is 0 Å². The fourth-order valence-electron chi connectivity index (χ4n) is 1.27. The molecule has 1 N–H and O–H groups in total. The van der Waals surface area contributed by atoms with E-state index in [2.05, 4.69) is 11.9 Å². The molecule has 1 aliphatic rings. The smallest absolute Gasteiger partial charge is 0.133 e. The standard InChI is InChI=1S/C10H17NO/c1-8(2)3-4-10(12)5-9-6-11-7-9/h9,11H,1,3-7H2,2H3. The van der Waals surface area contributed by atoms with Crippen LogP contribution < -0.4 is 5.32 Å². The van der Waals surface area contributed by atoms with Crippen LogP contribution in [-0.4, -0.2) is 18.9 Å². The lowest BCUT2D eigenvalue weighted by atomic mass is 9.94. The first-order valence-electron chi connectivity index (χ1n) is 4.55. The van der Waals surface area contributed by atoms with E-state index < -0.39 is 0 Å². The van der Waals surface area contributed by atoms with Gasteiger partial charge in [-0.3, -0.25) is 4.79 Å². The zero-order chi connectivity index (χ0) is 8.97. The Morgan fingerprint density at radius 2 is 2.17 bits per heavy atom. The van der Waals surface area contributed by atoms with Crippen LogP contribution in [0, 0.1) is 5.92 Å². The monoisotopic (exact) mass is 167 g/mol. The molecule has 1 heterocycles. The lowest BCUT2D eigenvalue weighted by molar-refractivity contribution is -0.120. The number of hydrogen-bond acceptors (Lipinski definition) is 2. The summed E-state index contributed by atoms with van der Waals surface area (Å²) >= 11 is 0. The van der Waals surface area contributed by atoms with Gasteiger partial charge in [-0.25, -0.2) is 0 Å². The number of ketones is 1. The number of hydrogen-bond donors (Lipinski definition) is 1. The molecule has 0 aromatic heterocycles. The lowest BCUT2D eigenvalue weighted by Crippen LogP contribution is -2.42. The predicted octanol–water partition coefficient (Wildman–Crippen LogP) is 1.52. The van der Waals surface area contributed by atoms with Gasteiger partial charge in [-0.15, -0.1) is 6.58 Å². The molecule has 1 aliphatic heterocycles. The summed E-state index contributed by atoms with van der Waals surface area (Å²) in [7, 11) is 0. The molecular weight excluding hydrogens is 150 g/mol. The highest BCUT2D eigenvalue weighted by molar-refractivity contribution is 5.79. The number of carbonyl (C=O) groups is 1. The highest BCUT2D eigenvalue weighted by Gasteiger charge is 2.19. The molecule has 0 aromatic rings. The highest BCUT2D eigenvalue weighted by atomic mass is 16.1. The van der Waals surface area contributed by atoms with E-state index in [0.717, 1.165) is 31.5 Å². The molecule has 1 rings (SSSR count). The van der Waals surface area contributed by atoms with E-state index in [1.165, 1.54) is 0 Å². The predicted molar refractivity (Wildman–Crippen MR) is 50.0 cm³/mol. The molecule has 0 spiro atoms. The molecule has 0 radical (unpaired) electrons. The summed E-state index contributed by atoms with van der Waals surface area (Å²) in [5.41, 5.74) is 1.11. The van der Waals surface area contributed by atoms with E-state index in [9.17, 15) is 4.79 Å². The second-order valence-corrected chi connectivity index (χ2v) is 3.72. The van der Waals surface area contributed by atoms with Crippen LogP contribution in [-0.2, 0) is 4.79 Å². The fourth-order valence-corrected chi connectivity index (χ4v) is 1.27. The Labute approximate surface area is 74.0 Å². The van der Waals surface area contributed by atoms with Crippen molar-refractivity contribution in [1.82, 2.24) is 5.32 Å². The van der Waals surface area contributed by atoms with Gasteiger partial charge >= 0.3 is 0 Å². The number of Topliss-reactive ketones (excluding diaryl/α,β-unsaturated/α-hetero) is 1. The maximum absolute atomic E-state index is 11.3. The third-order valence-electron chi connectivity index (χ3n) is 2.21. The zero-order valence-electron chi connectivity index (χ0n) is 7.73. The zero-order valence-corrected chi connectivity index (χ0v) is 7.73. The van der Waals surface area contributed by atoms with E-state index in [0.29, 0.717) is 18.1 Å². The molecule has 0 bridgehead atoms. The first-order chi connectivity index (χ1) is 5.68. The molecule has 1 saturated heterocycles. The second-order valence-electron chi connectivity index (χ2n) is 3.72. The Morgan fingerprint density at radius 1 is 1.50 bits per heavy atom. The summed E-state index contributed by atoms with van der Waals surface area (Å²) < 4.78 is 0. The minimum absolute atomic E-state index is 0.393. The summed E-state index contributed by atoms with van der Waals surface area (Å²) in [5.74, 6) is 1.01. The second kappa shape index (κ2) is 4.41. The van der Waals surface area contributed by atoms with E-state index in [1.807, 2.05) is 6.92 Å². The van der Waals surface area contributed by atoms with Gasteiger partial charge in [0.2, 0.25) is 0 Å². The first kappa shape index (κ1) is 9.46. The Morgan fingerprint density at radius 3 is 2.58 bits per heavy atom. The summed E-state index contributed by atoms with van der Waals surface area (Å²) in [6.07, 6.45) is 2.31. The molecule has 0 aliphatic carbocycles. The van der Waals surface area contributed by atoms with Crippen molar-refractivity contribution in [2.24, 2.45) is 5.92 Å². The molecule has 1 fully saturated rings. The number of carbonyl (C=O) groups excluding carboxylic acids is 1. The summed E-state index contributed by atoms with van der Waals surface area (Å²) in [4.78, 5) is 11.3. The van der Waals surface area contributed by atoms with Gasteiger partial charge in [0.05, 0.1) is 0 Å². The van der Waals surface area contributed by atoms with Crippen molar-refractivity contribution in [2.75, 3.05) is 13.1 Å². The Hall–Kier alpha value is -0.630. The average molecular weight is 167 g/mol. The van der Waals surface area contributed by atoms with Gasteiger partial charge in [-0.1, -0.05) is 5.57 Å². The number of rotatable bonds is 5. The largest absolute Gasteiger partial charge is 0.316 e. The molecule has 12 heavy (non-hydrogen) atoms. The summed E-state index contributed by atoms with van der Waals surface area (Å²) in [6, 6.07) is 0. The minimum Gasteiger partial charge on any atom is -0.316 e. The molecule has 0 atom stereocenters. The van der Waals surface area contributed by atoms with Crippen molar-refractivity contribution in [1.29, 1.82) is 0 Å². The maximum Gasteiger partial charge on any atom is 0.133 e. The fraction of sp³-hybridized carbons (Fsp3) is 0.700. The number of nitrogens with one attached hydrogen (secondary N) is 1. The van der Waals surface area contributed by atoms with Crippen LogP contribution in [0.1, 0.15) is 26.2 Å². The molecular formula is C10H17NO. The van der Waals surface area contributed by atoms with Crippen molar-refractivity contribution < 1.29 is 4.79 Å². The molecule has 0 aromatic carbocycles. The Balaban J connectivity index is 2.06. The van der Waals surface area contributed by atoms with Crippen LogP contribution in [0.15, 0.2) is 12.2 Å². The highest BCUT2D eigenvalue weighted by Crippen LogP contribution is 2.12. The van der Waals surface area contributed by atoms with Gasteiger partial charge in [0, 0.05) is 12.8 Å². The minimum atomic E-state index is 0.393. The van der Waals surface area contributed by atoms with Crippen molar-refractivity contribution in [3.05, 3.63) is 12.2 Å². The lowest BCUT2D eigenvalue weighted by Gasteiger charge is -2.26. The van der Waals surface area contributed by atoms with E-state index in [1.54, 1.807) is 0 Å². The summed E-state index contributed by atoms with van der Waals surface area (Å²) in [6.45, 7) is 7.80. The molecule has 2 nitrogen and oxygen atoms in total. The van der Waals surface area contributed by atoms with Crippen molar-refractivity contribution in [3.8, 4) is 0 Å². The SMILES string of the molecule is C=C(C)CCC(=O)CC1CNC1. The van der Waals surface area contributed by atoms with Gasteiger partial charge in [-0.05, 0) is 32.4 Å². The normalized spacial score (nSPS) is 17.1. The van der Waals surface area contributed by atoms with E-state index >= 15 is 0 Å². The van der Waals surface area contributed by atoms with Crippen molar-refractivity contribution in [2.45, 2.75) is 26.2 Å². The topological polar surface area (TPSA) is 29.1 Å². The van der Waals surface area contributed by atoms with Gasteiger partial charge in [0.15, 0.2) is 0 Å². The Kier molecular flexibility index (Phi) is 3.48. The third kappa shape index (κ3) is 3.18. The van der Waals surface area contributed by atoms with Crippen LogP contribution in [0.2, 0.25) is 0 Å². The molecule has 2 heteroatoms. The quantitative estimate of drug-likeness (QED) is 0.629. The van der Waals surface area contributed by atoms with Gasteiger partial charge in [0.1, 0.15) is 5.78 Å². The molecule has 68 valence electrons. The Bertz CT molecular complexity index is 182. The average Bonchev–Trinajstić information content (AvgIpc) is 1.93.